The fourth-order valence-corrected chi connectivity index (χ4v) is 1.14. The maximum absolute atomic E-state index is 11.3. The van der Waals surface area contributed by atoms with Gasteiger partial charge in [-0.05, 0) is 0 Å². The molecule has 1 unspecified atom stereocenters. The van der Waals surface area contributed by atoms with Gasteiger partial charge in [0.15, 0.2) is 0 Å². The number of carbonyl (C=O) groups is 4. The molecule has 0 rings (SSSR count). The van der Waals surface area contributed by atoms with Crippen LogP contribution in [0.1, 0.15) is 6.42 Å². The van der Waals surface area contributed by atoms with Gasteiger partial charge in [0.1, 0.15) is 6.04 Å². The molecule has 96 valence electrons. The van der Waals surface area contributed by atoms with Crippen molar-refractivity contribution in [3.05, 3.63) is 0 Å². The maximum atomic E-state index is 11.3. The van der Waals surface area contributed by atoms with Crippen LogP contribution in [0, 0.1) is 0 Å². The van der Waals surface area contributed by atoms with E-state index >= 15 is 0 Å². The van der Waals surface area contributed by atoms with Crippen LogP contribution < -0.4 is 11.5 Å². The summed E-state index contributed by atoms with van der Waals surface area (Å²) in [5.74, 6) is -5.06. The number of hydrogen-bond donors (Lipinski definition) is 4. The van der Waals surface area contributed by atoms with E-state index in [0.717, 1.165) is 0 Å². The van der Waals surface area contributed by atoms with Crippen LogP contribution in [-0.4, -0.2) is 58.0 Å². The van der Waals surface area contributed by atoms with Crippen molar-refractivity contribution in [2.75, 3.05) is 13.1 Å². The van der Waals surface area contributed by atoms with Gasteiger partial charge >= 0.3 is 11.9 Å². The third kappa shape index (κ3) is 4.17. The Morgan fingerprint density at radius 1 is 1.00 bits per heavy atom. The summed E-state index contributed by atoms with van der Waals surface area (Å²) < 4.78 is 0. The van der Waals surface area contributed by atoms with Crippen LogP contribution >= 0.6 is 0 Å². The quantitative estimate of drug-likeness (QED) is 0.390. The summed E-state index contributed by atoms with van der Waals surface area (Å²) in [6.45, 7) is -1.23. The van der Waals surface area contributed by atoms with Gasteiger partial charge in [-0.25, -0.2) is 4.79 Å². The fraction of sp³-hybridized carbons (Fsp3) is 0.500. The molecular weight excluding hydrogens is 234 g/mol. The van der Waals surface area contributed by atoms with Crippen molar-refractivity contribution in [2.45, 2.75) is 12.5 Å². The van der Waals surface area contributed by atoms with E-state index in [2.05, 4.69) is 0 Å². The van der Waals surface area contributed by atoms with Crippen molar-refractivity contribution >= 4 is 23.8 Å². The first-order valence-electron chi connectivity index (χ1n) is 4.54. The van der Waals surface area contributed by atoms with E-state index in [4.69, 9.17) is 21.7 Å². The van der Waals surface area contributed by atoms with Gasteiger partial charge in [0.05, 0.1) is 19.5 Å². The molecule has 17 heavy (non-hydrogen) atoms. The number of rotatable bonds is 6. The molecule has 0 saturated heterocycles. The van der Waals surface area contributed by atoms with Gasteiger partial charge in [0.2, 0.25) is 11.8 Å². The molecule has 0 fully saturated rings. The van der Waals surface area contributed by atoms with E-state index in [9.17, 15) is 19.2 Å². The predicted molar refractivity (Wildman–Crippen MR) is 53.6 cm³/mol. The van der Waals surface area contributed by atoms with Gasteiger partial charge in [-0.3, -0.25) is 19.3 Å². The molecule has 0 aliphatic heterocycles. The largest absolute Gasteiger partial charge is 0.481 e. The van der Waals surface area contributed by atoms with Crippen molar-refractivity contribution in [3.8, 4) is 0 Å². The van der Waals surface area contributed by atoms with E-state index in [1.54, 1.807) is 0 Å². The second-order valence-corrected chi connectivity index (χ2v) is 3.02. The molecule has 6 N–H and O–H groups in total. The van der Waals surface area contributed by atoms with Crippen LogP contribution in [0.4, 0.5) is 0 Å². The average Bonchev–Trinajstić information content (AvgIpc) is 2.26. The van der Waals surface area contributed by atoms with Gasteiger partial charge in [-0.1, -0.05) is 0 Å². The first-order valence-corrected chi connectivity index (χ1v) is 4.54. The Morgan fingerprint density at radius 2 is 1.41 bits per heavy atom. The number of nitrogens with zero attached hydrogens (tertiary/aromatic N) is 1. The van der Waals surface area contributed by atoms with E-state index in [1.807, 2.05) is 0 Å². The van der Waals surface area contributed by atoms with Gasteiger partial charge in [0.25, 0.3) is 0 Å². The summed E-state index contributed by atoms with van der Waals surface area (Å²) in [6.07, 6.45) is -0.910. The molecule has 9 nitrogen and oxygen atoms in total. The maximum Gasteiger partial charge on any atom is 0.327 e. The van der Waals surface area contributed by atoms with Crippen molar-refractivity contribution in [3.63, 3.8) is 0 Å². The molecule has 0 aromatic rings. The van der Waals surface area contributed by atoms with Crippen molar-refractivity contribution < 1.29 is 29.4 Å². The highest BCUT2D eigenvalue weighted by molar-refractivity contribution is 6.01. The number of hydrogen-bond acceptors (Lipinski definition) is 6. The van der Waals surface area contributed by atoms with Gasteiger partial charge in [-0.2, -0.15) is 0 Å². The van der Waals surface area contributed by atoms with Crippen LogP contribution in [0.5, 0.6) is 0 Å². The smallest absolute Gasteiger partial charge is 0.327 e. The van der Waals surface area contributed by atoms with Crippen molar-refractivity contribution in [2.24, 2.45) is 11.5 Å². The fourth-order valence-electron chi connectivity index (χ4n) is 1.14. The molecule has 0 bridgehead atoms. The van der Waals surface area contributed by atoms with Gasteiger partial charge in [-0.15, -0.1) is 0 Å². The summed E-state index contributed by atoms with van der Waals surface area (Å²) in [4.78, 5) is 44.2. The van der Waals surface area contributed by atoms with Crippen LogP contribution in [0.25, 0.3) is 0 Å². The monoisotopic (exact) mass is 247 g/mol. The van der Waals surface area contributed by atoms with E-state index in [1.165, 1.54) is 0 Å². The number of carboxylic acids is 2. The molecule has 0 aromatic carbocycles. The first-order chi connectivity index (χ1) is 7.84. The Labute approximate surface area is 96.0 Å². The van der Waals surface area contributed by atoms with Crippen molar-refractivity contribution in [1.29, 1.82) is 0 Å². The lowest BCUT2D eigenvalue weighted by Crippen LogP contribution is -2.53. The van der Waals surface area contributed by atoms with Crippen LogP contribution in [0.2, 0.25) is 0 Å². The molecule has 0 saturated carbocycles. The summed E-state index contributed by atoms with van der Waals surface area (Å²) in [6, 6.07) is -1.81. The third-order valence-electron chi connectivity index (χ3n) is 1.85. The summed E-state index contributed by atoms with van der Waals surface area (Å²) in [7, 11) is 0. The highest BCUT2D eigenvalue weighted by Gasteiger charge is 2.34. The molecule has 2 amide bonds. The summed E-state index contributed by atoms with van der Waals surface area (Å²) in [5.41, 5.74) is 10.0. The number of carbonyl (C=O) groups excluding carboxylic acids is 2. The first kappa shape index (κ1) is 15.0. The average molecular weight is 247 g/mol. The second kappa shape index (κ2) is 6.55. The summed E-state index contributed by atoms with van der Waals surface area (Å²) >= 11 is 0. The molecule has 0 spiro atoms. The molecule has 0 aliphatic carbocycles. The Bertz CT molecular complexity index is 326. The Balaban J connectivity index is 5.20. The Morgan fingerprint density at radius 3 is 1.65 bits per heavy atom. The highest BCUT2D eigenvalue weighted by atomic mass is 16.4. The summed E-state index contributed by atoms with van der Waals surface area (Å²) in [5, 5.41) is 17.3. The minimum Gasteiger partial charge on any atom is -0.481 e. The zero-order valence-corrected chi connectivity index (χ0v) is 8.83. The van der Waals surface area contributed by atoms with E-state index in [-0.39, 0.29) is 4.90 Å². The lowest BCUT2D eigenvalue weighted by Gasteiger charge is -2.25. The number of aliphatic carboxylic acids is 2. The van der Waals surface area contributed by atoms with Gasteiger partial charge < -0.3 is 21.7 Å². The minimum atomic E-state index is -1.81. The number of nitrogens with two attached hydrogens (primary N) is 2. The molecule has 9 heteroatoms. The second-order valence-electron chi connectivity index (χ2n) is 3.02. The minimum absolute atomic E-state index is 0.274. The molecule has 0 heterocycles. The lowest BCUT2D eigenvalue weighted by molar-refractivity contribution is -0.159. The lowest BCUT2D eigenvalue weighted by atomic mass is 10.1. The Kier molecular flexibility index (Phi) is 5.78. The number of carboxylic acid groups (broad SMARTS) is 2. The van der Waals surface area contributed by atoms with Crippen molar-refractivity contribution in [1.82, 2.24) is 4.90 Å². The Hall–Kier alpha value is -2.00. The molecule has 0 aromatic heterocycles. The number of imide groups is 1. The molecule has 1 atom stereocenters. The normalized spacial score (nSPS) is 11.6. The molecular formula is C8H13N3O6. The zero-order chi connectivity index (χ0) is 13.6. The predicted octanol–water partition coefficient (Wildman–Crippen LogP) is -2.81. The SMILES string of the molecule is NCC(=O)N(C(=O)CN)C(CC(=O)O)C(=O)O. The number of amides is 2. The zero-order valence-electron chi connectivity index (χ0n) is 8.83. The molecule has 0 radical (unpaired) electrons. The van der Waals surface area contributed by atoms with Gasteiger partial charge in [0, 0.05) is 0 Å². The van der Waals surface area contributed by atoms with Crippen LogP contribution in [-0.2, 0) is 19.2 Å². The molecule has 0 aliphatic rings. The van der Waals surface area contributed by atoms with E-state index in [0.29, 0.717) is 0 Å². The highest BCUT2D eigenvalue weighted by Crippen LogP contribution is 2.06. The van der Waals surface area contributed by atoms with Crippen LogP contribution in [0.3, 0.4) is 0 Å². The third-order valence-corrected chi connectivity index (χ3v) is 1.85. The van der Waals surface area contributed by atoms with Crippen LogP contribution in [0.15, 0.2) is 0 Å². The topological polar surface area (TPSA) is 164 Å². The standard InChI is InChI=1S/C8H13N3O6/c9-2-5(12)11(6(13)3-10)4(8(16)17)1-7(14)15/h4H,1-3,9-10H2,(H,14,15)(H,16,17). The van der Waals surface area contributed by atoms with E-state index < -0.39 is 49.3 Å².